The Labute approximate surface area is 201 Å². The number of β-amino-alcohol motifs (C(OH)–C–C–N with tert-alkyl or cyclic N) is 1. The molecule has 1 N–H and O–H groups in total. The average Bonchev–Trinajstić information content (AvgIpc) is 3.10. The Hall–Kier alpha value is -3.02. The molecule has 1 spiro atoms. The Bertz CT molecular complexity index is 1080. The molecule has 1 aromatic heterocycles. The predicted molar refractivity (Wildman–Crippen MR) is 130 cm³/mol. The molecule has 2 amide bonds. The van der Waals surface area contributed by atoms with Crippen molar-refractivity contribution < 1.29 is 9.90 Å². The van der Waals surface area contributed by atoms with Crippen LogP contribution in [0.2, 0.25) is 0 Å². The number of rotatable bonds is 5. The van der Waals surface area contributed by atoms with Gasteiger partial charge in [0.05, 0.1) is 24.2 Å². The Morgan fingerprint density at radius 1 is 1.06 bits per heavy atom. The van der Waals surface area contributed by atoms with Crippen molar-refractivity contribution in [3.8, 4) is 0 Å². The van der Waals surface area contributed by atoms with Gasteiger partial charge in [0.25, 0.3) is 0 Å². The summed E-state index contributed by atoms with van der Waals surface area (Å²) in [5.74, 6) is 0.0713. The molecule has 2 heterocycles. The lowest BCUT2D eigenvalue weighted by Gasteiger charge is -2.52. The smallest absolute Gasteiger partial charge is 0.371 e. The monoisotopic (exact) mass is 460 g/mol. The van der Waals surface area contributed by atoms with Gasteiger partial charge in [0, 0.05) is 5.54 Å². The molecule has 1 aromatic carbocycles. The number of nitrogens with zero attached hydrogens (tertiary/aromatic N) is 6. The Morgan fingerprint density at radius 2 is 1.71 bits per heavy atom. The van der Waals surface area contributed by atoms with Gasteiger partial charge in [-0.25, -0.2) is 4.79 Å². The zero-order chi connectivity index (χ0) is 24.0. The van der Waals surface area contributed by atoms with Gasteiger partial charge in [-0.05, 0) is 64.6 Å². The molecule has 0 unspecified atom stereocenters. The van der Waals surface area contributed by atoms with E-state index in [1.807, 2.05) is 11.0 Å². The molecule has 3 aliphatic rings. The van der Waals surface area contributed by atoms with E-state index in [2.05, 4.69) is 58.1 Å². The Morgan fingerprint density at radius 3 is 2.24 bits per heavy atom. The molecule has 1 aliphatic heterocycles. The van der Waals surface area contributed by atoms with E-state index in [0.29, 0.717) is 18.8 Å². The molecule has 5 rings (SSSR count). The minimum atomic E-state index is -0.793. The van der Waals surface area contributed by atoms with Crippen molar-refractivity contribution in [1.29, 1.82) is 0 Å². The van der Waals surface area contributed by atoms with E-state index in [-0.39, 0.29) is 23.1 Å². The van der Waals surface area contributed by atoms with Crippen LogP contribution in [-0.4, -0.2) is 69.2 Å². The van der Waals surface area contributed by atoms with Crippen LogP contribution in [0.4, 0.5) is 16.4 Å². The second kappa shape index (κ2) is 8.33. The maximum atomic E-state index is 13.7. The van der Waals surface area contributed by atoms with Crippen LogP contribution in [0.1, 0.15) is 50.5 Å². The maximum absolute atomic E-state index is 13.7. The fourth-order valence-electron chi connectivity index (χ4n) is 6.08. The molecular formula is C26H32N6O2. The highest BCUT2D eigenvalue weighted by atomic mass is 16.3. The van der Waals surface area contributed by atoms with Crippen LogP contribution in [0.25, 0.3) is 4.85 Å². The standard InChI is InChI=1S/C26H32N6O2/c1-27-22-28-16-21(17-29-22)31-18-24(32(23(31)33)19-25(34)10-7-11-25)12-14-26(15-13-24,30(2)3)20-8-5-4-6-9-20/h4-6,8-9,16-17,34H,7,10-15,18-19H2,2-3H3. The van der Waals surface area contributed by atoms with Gasteiger partial charge in [0.2, 0.25) is 0 Å². The first-order valence-electron chi connectivity index (χ1n) is 12.0. The number of aromatic nitrogens is 2. The van der Waals surface area contributed by atoms with Crippen molar-refractivity contribution in [2.75, 3.05) is 32.1 Å². The Balaban J connectivity index is 1.46. The van der Waals surface area contributed by atoms with E-state index in [0.717, 1.165) is 44.9 Å². The summed E-state index contributed by atoms with van der Waals surface area (Å²) in [7, 11) is 4.28. The number of carbonyl (C=O) groups excluding carboxylic acids is 1. The number of urea groups is 1. The van der Waals surface area contributed by atoms with E-state index in [1.54, 1.807) is 17.3 Å². The summed E-state index contributed by atoms with van der Waals surface area (Å²) in [5, 5.41) is 11.0. The van der Waals surface area contributed by atoms with E-state index >= 15 is 0 Å². The molecule has 178 valence electrons. The fourth-order valence-corrected chi connectivity index (χ4v) is 6.08. The number of amides is 2. The summed E-state index contributed by atoms with van der Waals surface area (Å²) in [6.45, 7) is 8.01. The van der Waals surface area contributed by atoms with Gasteiger partial charge in [0.15, 0.2) is 0 Å². The number of hydrogen-bond acceptors (Lipinski definition) is 5. The van der Waals surface area contributed by atoms with Gasteiger partial charge >= 0.3 is 12.0 Å². The zero-order valence-electron chi connectivity index (χ0n) is 19.9. The highest BCUT2D eigenvalue weighted by molar-refractivity contribution is 5.95. The molecule has 2 aliphatic carbocycles. The minimum absolute atomic E-state index is 0.0713. The summed E-state index contributed by atoms with van der Waals surface area (Å²) in [4.78, 5) is 31.2. The molecule has 8 nitrogen and oxygen atoms in total. The van der Waals surface area contributed by atoms with Gasteiger partial charge < -0.3 is 14.9 Å². The SMILES string of the molecule is [C-]#[N+]c1ncc(N2CC3(CCC(c4ccccc4)(N(C)C)CC3)N(CC3(O)CCC3)C2=O)cn1. The molecule has 0 radical (unpaired) electrons. The molecule has 2 saturated carbocycles. The molecule has 34 heavy (non-hydrogen) atoms. The molecule has 0 atom stereocenters. The van der Waals surface area contributed by atoms with E-state index in [9.17, 15) is 9.90 Å². The summed E-state index contributed by atoms with van der Waals surface area (Å²) in [6.07, 6.45) is 9.13. The third kappa shape index (κ3) is 3.64. The number of benzene rings is 1. The van der Waals surface area contributed by atoms with Crippen LogP contribution in [-0.2, 0) is 5.54 Å². The van der Waals surface area contributed by atoms with Crippen LogP contribution in [0.5, 0.6) is 0 Å². The van der Waals surface area contributed by atoms with Crippen molar-refractivity contribution in [3.63, 3.8) is 0 Å². The molecule has 8 heteroatoms. The van der Waals surface area contributed by atoms with Gasteiger partial charge in [0.1, 0.15) is 18.1 Å². The van der Waals surface area contributed by atoms with E-state index < -0.39 is 5.60 Å². The summed E-state index contributed by atoms with van der Waals surface area (Å²) < 4.78 is 0. The molecule has 3 fully saturated rings. The second-order valence-electron chi connectivity index (χ2n) is 10.4. The summed E-state index contributed by atoms with van der Waals surface area (Å²) in [5.41, 5.74) is 0.687. The first-order chi connectivity index (χ1) is 16.3. The second-order valence-corrected chi connectivity index (χ2v) is 10.4. The van der Waals surface area contributed by atoms with Crippen LogP contribution >= 0.6 is 0 Å². The Kier molecular flexibility index (Phi) is 5.58. The number of hydrogen-bond donors (Lipinski definition) is 1. The third-order valence-corrected chi connectivity index (χ3v) is 8.43. The highest BCUT2D eigenvalue weighted by Gasteiger charge is 2.56. The van der Waals surface area contributed by atoms with Crippen molar-refractivity contribution in [2.24, 2.45) is 0 Å². The van der Waals surface area contributed by atoms with Crippen molar-refractivity contribution >= 4 is 17.7 Å². The number of anilines is 1. The lowest BCUT2D eigenvalue weighted by Crippen LogP contribution is -2.59. The number of carbonyl (C=O) groups is 1. The predicted octanol–water partition coefficient (Wildman–Crippen LogP) is 3.95. The highest BCUT2D eigenvalue weighted by Crippen LogP contribution is 2.50. The lowest BCUT2D eigenvalue weighted by molar-refractivity contribution is -0.0725. The first-order valence-corrected chi connectivity index (χ1v) is 12.0. The van der Waals surface area contributed by atoms with Crippen LogP contribution in [0.15, 0.2) is 42.7 Å². The van der Waals surface area contributed by atoms with Gasteiger partial charge in [-0.15, -0.1) is 6.57 Å². The molecule has 1 saturated heterocycles. The quantitative estimate of drug-likeness (QED) is 0.684. The first kappa shape index (κ1) is 22.8. The van der Waals surface area contributed by atoms with Gasteiger partial charge in [-0.2, -0.15) is 9.97 Å². The van der Waals surface area contributed by atoms with Crippen LogP contribution in [0, 0.1) is 6.57 Å². The summed E-state index contributed by atoms with van der Waals surface area (Å²) in [6, 6.07) is 10.5. The summed E-state index contributed by atoms with van der Waals surface area (Å²) >= 11 is 0. The van der Waals surface area contributed by atoms with Gasteiger partial charge in [-0.3, -0.25) is 9.80 Å². The van der Waals surface area contributed by atoms with Crippen molar-refractivity contribution in [2.45, 2.75) is 61.6 Å². The van der Waals surface area contributed by atoms with Crippen LogP contribution < -0.4 is 4.90 Å². The fraction of sp³-hybridized carbons (Fsp3) is 0.538. The maximum Gasteiger partial charge on any atom is 0.371 e. The van der Waals surface area contributed by atoms with Crippen LogP contribution in [0.3, 0.4) is 0 Å². The number of aliphatic hydroxyl groups is 1. The normalized spacial score (nSPS) is 28.3. The zero-order valence-corrected chi connectivity index (χ0v) is 19.9. The van der Waals surface area contributed by atoms with Crippen molar-refractivity contribution in [1.82, 2.24) is 19.8 Å². The largest absolute Gasteiger partial charge is 0.394 e. The third-order valence-electron chi connectivity index (χ3n) is 8.43. The van der Waals surface area contributed by atoms with E-state index in [4.69, 9.17) is 6.57 Å². The minimum Gasteiger partial charge on any atom is -0.394 e. The van der Waals surface area contributed by atoms with Crippen molar-refractivity contribution in [3.05, 3.63) is 59.7 Å². The van der Waals surface area contributed by atoms with Gasteiger partial charge in [-0.1, -0.05) is 30.3 Å². The molecule has 0 bridgehead atoms. The topological polar surface area (TPSA) is 77.2 Å². The molecule has 2 aromatic rings. The average molecular weight is 461 g/mol. The van der Waals surface area contributed by atoms with E-state index in [1.165, 1.54) is 5.56 Å². The lowest BCUT2D eigenvalue weighted by atomic mass is 9.67. The molecular weight excluding hydrogens is 428 g/mol.